The monoisotopic (exact) mass is 314 g/mol. The van der Waals surface area contributed by atoms with Crippen molar-refractivity contribution in [2.45, 2.75) is 6.61 Å². The van der Waals surface area contributed by atoms with Crippen LogP contribution in [0.1, 0.15) is 5.56 Å². The summed E-state index contributed by atoms with van der Waals surface area (Å²) in [5.41, 5.74) is 8.25. The van der Waals surface area contributed by atoms with Crippen molar-refractivity contribution in [3.05, 3.63) is 59.1 Å². The number of hydrogen-bond acceptors (Lipinski definition) is 4. The van der Waals surface area contributed by atoms with E-state index in [1.165, 1.54) is 0 Å². The highest BCUT2D eigenvalue weighted by Gasteiger charge is 2.06. The van der Waals surface area contributed by atoms with Gasteiger partial charge in [0.2, 0.25) is 5.88 Å². The Bertz CT molecular complexity index is 821. The summed E-state index contributed by atoms with van der Waals surface area (Å²) in [5.74, 6) is 1.23. The standard InChI is InChI=1S/C17H15ClN2O2/c1-21-14-8-12-5-6-16(20-17(12)15(19)9-14)22-10-11-3-2-4-13(18)7-11/h2-9H,10,19H2,1H3. The zero-order valence-corrected chi connectivity index (χ0v) is 12.8. The van der Waals surface area contributed by atoms with Crippen LogP contribution in [0.25, 0.3) is 10.9 Å². The number of anilines is 1. The van der Waals surface area contributed by atoms with E-state index in [2.05, 4.69) is 4.98 Å². The molecule has 0 amide bonds. The lowest BCUT2D eigenvalue weighted by molar-refractivity contribution is 0.295. The van der Waals surface area contributed by atoms with Gasteiger partial charge in [-0.1, -0.05) is 23.7 Å². The number of benzene rings is 2. The van der Waals surface area contributed by atoms with Crippen molar-refractivity contribution in [3.8, 4) is 11.6 Å². The third-order valence-electron chi connectivity index (χ3n) is 3.28. The molecule has 0 aliphatic rings. The highest BCUT2D eigenvalue weighted by molar-refractivity contribution is 6.30. The van der Waals surface area contributed by atoms with Crippen LogP contribution in [0.4, 0.5) is 5.69 Å². The highest BCUT2D eigenvalue weighted by atomic mass is 35.5. The van der Waals surface area contributed by atoms with Crippen LogP contribution in [0.2, 0.25) is 5.02 Å². The number of rotatable bonds is 4. The third-order valence-corrected chi connectivity index (χ3v) is 3.52. The molecule has 0 aliphatic heterocycles. The van der Waals surface area contributed by atoms with Crippen molar-refractivity contribution in [3.63, 3.8) is 0 Å². The number of halogens is 1. The average molecular weight is 315 g/mol. The lowest BCUT2D eigenvalue weighted by Gasteiger charge is -2.09. The van der Waals surface area contributed by atoms with E-state index in [4.69, 9.17) is 26.8 Å². The number of pyridine rings is 1. The number of aromatic nitrogens is 1. The molecule has 0 saturated heterocycles. The zero-order chi connectivity index (χ0) is 15.5. The number of methoxy groups -OCH3 is 1. The van der Waals surface area contributed by atoms with Gasteiger partial charge in [0.1, 0.15) is 12.4 Å². The largest absolute Gasteiger partial charge is 0.497 e. The van der Waals surface area contributed by atoms with Crippen LogP contribution < -0.4 is 15.2 Å². The summed E-state index contributed by atoms with van der Waals surface area (Å²) in [5, 5.41) is 1.59. The number of nitrogens with two attached hydrogens (primary N) is 1. The first-order chi connectivity index (χ1) is 10.7. The van der Waals surface area contributed by atoms with Gasteiger partial charge in [-0.25, -0.2) is 4.98 Å². The molecule has 22 heavy (non-hydrogen) atoms. The molecule has 0 saturated carbocycles. The predicted octanol–water partition coefficient (Wildman–Crippen LogP) is 4.06. The number of nitrogens with zero attached hydrogens (tertiary/aromatic N) is 1. The van der Waals surface area contributed by atoms with Crippen LogP contribution >= 0.6 is 11.6 Å². The Labute approximate surface area is 133 Å². The van der Waals surface area contributed by atoms with E-state index in [9.17, 15) is 0 Å². The van der Waals surface area contributed by atoms with Gasteiger partial charge in [-0.05, 0) is 29.8 Å². The topological polar surface area (TPSA) is 57.4 Å². The molecule has 1 heterocycles. The second kappa shape index (κ2) is 6.12. The van der Waals surface area contributed by atoms with Gasteiger partial charge in [-0.3, -0.25) is 0 Å². The Morgan fingerprint density at radius 3 is 2.77 bits per heavy atom. The molecular weight excluding hydrogens is 300 g/mol. The van der Waals surface area contributed by atoms with Gasteiger partial charge in [-0.15, -0.1) is 0 Å². The Morgan fingerprint density at radius 1 is 1.14 bits per heavy atom. The smallest absolute Gasteiger partial charge is 0.214 e. The fraction of sp³-hybridized carbons (Fsp3) is 0.118. The van der Waals surface area contributed by atoms with Crippen molar-refractivity contribution < 1.29 is 9.47 Å². The lowest BCUT2D eigenvalue weighted by atomic mass is 10.2. The molecule has 0 spiro atoms. The van der Waals surface area contributed by atoms with Gasteiger partial charge in [0.05, 0.1) is 18.3 Å². The van der Waals surface area contributed by atoms with Crippen LogP contribution in [0, 0.1) is 0 Å². The van der Waals surface area contributed by atoms with Gasteiger partial charge in [0.15, 0.2) is 0 Å². The highest BCUT2D eigenvalue weighted by Crippen LogP contribution is 2.27. The summed E-state index contributed by atoms with van der Waals surface area (Å²) in [7, 11) is 1.61. The SMILES string of the molecule is COc1cc(N)c2nc(OCc3cccc(Cl)c3)ccc2c1. The molecule has 1 aromatic heterocycles. The van der Waals surface area contributed by atoms with Gasteiger partial charge < -0.3 is 15.2 Å². The summed E-state index contributed by atoms with van der Waals surface area (Å²) < 4.78 is 10.9. The van der Waals surface area contributed by atoms with E-state index in [0.717, 1.165) is 10.9 Å². The van der Waals surface area contributed by atoms with Crippen LogP contribution in [0.5, 0.6) is 11.6 Å². The quantitative estimate of drug-likeness (QED) is 0.738. The van der Waals surface area contributed by atoms with Crippen LogP contribution in [-0.4, -0.2) is 12.1 Å². The zero-order valence-electron chi connectivity index (χ0n) is 12.0. The molecule has 0 bridgehead atoms. The van der Waals surface area contributed by atoms with Crippen LogP contribution in [0.15, 0.2) is 48.5 Å². The van der Waals surface area contributed by atoms with Gasteiger partial charge >= 0.3 is 0 Å². The number of nitrogen functional groups attached to an aromatic ring is 1. The summed E-state index contributed by atoms with van der Waals surface area (Å²) in [4.78, 5) is 4.45. The van der Waals surface area contributed by atoms with E-state index < -0.39 is 0 Å². The fourth-order valence-corrected chi connectivity index (χ4v) is 2.41. The van der Waals surface area contributed by atoms with Crippen molar-refractivity contribution in [1.82, 2.24) is 4.98 Å². The van der Waals surface area contributed by atoms with E-state index in [1.54, 1.807) is 13.2 Å². The van der Waals surface area contributed by atoms with Gasteiger partial charge in [0, 0.05) is 22.5 Å². The molecule has 112 valence electrons. The van der Waals surface area contributed by atoms with Crippen molar-refractivity contribution in [2.24, 2.45) is 0 Å². The molecule has 0 radical (unpaired) electrons. The maximum absolute atomic E-state index is 6.01. The molecule has 0 aliphatic carbocycles. The normalized spacial score (nSPS) is 10.6. The van der Waals surface area contributed by atoms with Crippen LogP contribution in [0.3, 0.4) is 0 Å². The van der Waals surface area contributed by atoms with Crippen molar-refractivity contribution >= 4 is 28.2 Å². The second-order valence-electron chi connectivity index (χ2n) is 4.86. The van der Waals surface area contributed by atoms with E-state index in [-0.39, 0.29) is 0 Å². The van der Waals surface area contributed by atoms with E-state index >= 15 is 0 Å². The van der Waals surface area contributed by atoms with Crippen molar-refractivity contribution in [2.75, 3.05) is 12.8 Å². The summed E-state index contributed by atoms with van der Waals surface area (Å²) >= 11 is 5.95. The van der Waals surface area contributed by atoms with Crippen molar-refractivity contribution in [1.29, 1.82) is 0 Å². The van der Waals surface area contributed by atoms with Gasteiger partial charge in [-0.2, -0.15) is 0 Å². The molecule has 2 aromatic carbocycles. The van der Waals surface area contributed by atoms with E-state index in [1.807, 2.05) is 42.5 Å². The molecule has 2 N–H and O–H groups in total. The van der Waals surface area contributed by atoms with E-state index in [0.29, 0.717) is 34.5 Å². The molecule has 4 nitrogen and oxygen atoms in total. The summed E-state index contributed by atoms with van der Waals surface area (Å²) in [6, 6.07) is 14.9. The molecule has 3 rings (SSSR count). The number of ether oxygens (including phenoxy) is 2. The Balaban J connectivity index is 1.84. The maximum atomic E-state index is 6.01. The van der Waals surface area contributed by atoms with Crippen LogP contribution in [-0.2, 0) is 6.61 Å². The van der Waals surface area contributed by atoms with Gasteiger partial charge in [0.25, 0.3) is 0 Å². The first-order valence-electron chi connectivity index (χ1n) is 6.77. The molecule has 3 aromatic rings. The minimum Gasteiger partial charge on any atom is -0.497 e. The lowest BCUT2D eigenvalue weighted by Crippen LogP contribution is -1.99. The third kappa shape index (κ3) is 3.07. The average Bonchev–Trinajstić information content (AvgIpc) is 2.53. The summed E-state index contributed by atoms with van der Waals surface area (Å²) in [6.45, 7) is 0.398. The first kappa shape index (κ1) is 14.5. The second-order valence-corrected chi connectivity index (χ2v) is 5.29. The Kier molecular flexibility index (Phi) is 4.02. The molecule has 0 fully saturated rings. The molecule has 0 atom stereocenters. The molecular formula is C17H15ClN2O2. The molecule has 5 heteroatoms. The number of hydrogen-bond donors (Lipinski definition) is 1. The summed E-state index contributed by atoms with van der Waals surface area (Å²) in [6.07, 6.45) is 0. The maximum Gasteiger partial charge on any atom is 0.214 e. The minimum atomic E-state index is 0.398. The Morgan fingerprint density at radius 2 is 2.00 bits per heavy atom. The number of fused-ring (bicyclic) bond motifs is 1. The Hall–Kier alpha value is -2.46. The first-order valence-corrected chi connectivity index (χ1v) is 7.15. The minimum absolute atomic E-state index is 0.398. The fourth-order valence-electron chi connectivity index (χ4n) is 2.20. The predicted molar refractivity (Wildman–Crippen MR) is 88.5 cm³/mol. The molecule has 0 unspecified atom stereocenters.